The third-order valence-corrected chi connectivity index (χ3v) is 6.64. The molecule has 4 nitrogen and oxygen atoms in total. The van der Waals surface area contributed by atoms with Crippen molar-refractivity contribution in [1.82, 2.24) is 4.31 Å². The van der Waals surface area contributed by atoms with Crippen molar-refractivity contribution in [2.45, 2.75) is 23.2 Å². The fourth-order valence-corrected chi connectivity index (χ4v) is 4.93. The van der Waals surface area contributed by atoms with Gasteiger partial charge in [-0.15, -0.1) is 11.3 Å². The Bertz CT molecular complexity index is 635. The lowest BCUT2D eigenvalue weighted by atomic mass is 10.1. The van der Waals surface area contributed by atoms with Crippen molar-refractivity contribution in [3.8, 4) is 0 Å². The van der Waals surface area contributed by atoms with Crippen molar-refractivity contribution >= 4 is 21.4 Å². The van der Waals surface area contributed by atoms with Gasteiger partial charge in [0.1, 0.15) is 4.21 Å². The average Bonchev–Trinajstić information content (AvgIpc) is 2.88. The summed E-state index contributed by atoms with van der Waals surface area (Å²) in [6, 6.07) is 3.17. The van der Waals surface area contributed by atoms with Crippen molar-refractivity contribution in [2.24, 2.45) is 5.73 Å². The van der Waals surface area contributed by atoms with E-state index in [9.17, 15) is 21.6 Å². The van der Waals surface area contributed by atoms with Gasteiger partial charge in [0, 0.05) is 23.5 Å². The maximum atomic E-state index is 12.5. The predicted octanol–water partition coefficient (Wildman–Crippen LogP) is 2.13. The molecule has 0 saturated heterocycles. The molecule has 0 unspecified atom stereocenters. The summed E-state index contributed by atoms with van der Waals surface area (Å²) in [4.78, 5) is 0.847. The Kier molecular flexibility index (Phi) is 4.76. The van der Waals surface area contributed by atoms with Gasteiger partial charge in [-0.1, -0.05) is 6.08 Å². The second kappa shape index (κ2) is 6.07. The lowest BCUT2D eigenvalue weighted by Gasteiger charge is -2.26. The van der Waals surface area contributed by atoms with Gasteiger partial charge >= 0.3 is 6.18 Å². The molecular weight excluding hydrogens is 325 g/mol. The average molecular weight is 340 g/mol. The van der Waals surface area contributed by atoms with Gasteiger partial charge in [-0.25, -0.2) is 8.42 Å². The lowest BCUT2D eigenvalue weighted by Crippen LogP contribution is -2.36. The molecule has 0 radical (unpaired) electrons. The van der Waals surface area contributed by atoms with E-state index in [1.54, 1.807) is 6.07 Å². The molecule has 0 saturated carbocycles. The van der Waals surface area contributed by atoms with Gasteiger partial charge in [-0.2, -0.15) is 17.5 Å². The number of alkyl halides is 3. The topological polar surface area (TPSA) is 63.4 Å². The molecule has 1 aliphatic rings. The van der Waals surface area contributed by atoms with E-state index in [2.05, 4.69) is 0 Å². The smallest absolute Gasteiger partial charge is 0.330 e. The van der Waals surface area contributed by atoms with E-state index in [1.807, 2.05) is 0 Å². The minimum absolute atomic E-state index is 0.148. The van der Waals surface area contributed by atoms with Crippen LogP contribution in [0.2, 0.25) is 0 Å². The first-order chi connectivity index (χ1) is 9.75. The molecule has 0 aliphatic carbocycles. The van der Waals surface area contributed by atoms with E-state index in [4.69, 9.17) is 5.73 Å². The molecule has 0 amide bonds. The van der Waals surface area contributed by atoms with Crippen LogP contribution in [-0.4, -0.2) is 38.5 Å². The van der Waals surface area contributed by atoms with Gasteiger partial charge in [-0.3, -0.25) is 0 Å². The number of rotatable bonds is 4. The summed E-state index contributed by atoms with van der Waals surface area (Å²) >= 11 is 1.11. The number of sulfonamides is 1. The normalized spacial score (nSPS) is 17.8. The van der Waals surface area contributed by atoms with Crippen LogP contribution < -0.4 is 5.73 Å². The van der Waals surface area contributed by atoms with Crippen LogP contribution in [0, 0.1) is 0 Å². The first-order valence-electron chi connectivity index (χ1n) is 6.30. The highest BCUT2D eigenvalue weighted by atomic mass is 32.2. The predicted molar refractivity (Wildman–Crippen MR) is 74.6 cm³/mol. The molecule has 0 aromatic carbocycles. The molecule has 2 heterocycles. The SMILES string of the molecule is NCCc1ccc(S(=O)(=O)N2CC=C(C(F)(F)F)CC2)s1. The number of hydrogen-bond donors (Lipinski definition) is 1. The first-order valence-corrected chi connectivity index (χ1v) is 8.56. The number of hydrogen-bond acceptors (Lipinski definition) is 4. The standard InChI is InChI=1S/C12H15F3N2O2S2/c13-12(14,15)9-4-7-17(8-5-9)21(18,19)11-2-1-10(20-11)3-6-16/h1-2,4H,3,5-8,16H2. The zero-order valence-electron chi connectivity index (χ0n) is 11.1. The van der Waals surface area contributed by atoms with Crippen LogP contribution in [-0.2, 0) is 16.4 Å². The number of nitrogens with two attached hydrogens (primary N) is 1. The largest absolute Gasteiger partial charge is 0.412 e. The zero-order valence-corrected chi connectivity index (χ0v) is 12.7. The van der Waals surface area contributed by atoms with E-state index in [0.29, 0.717) is 13.0 Å². The summed E-state index contributed by atoms with van der Waals surface area (Å²) in [6.07, 6.45) is -3.18. The van der Waals surface area contributed by atoms with Gasteiger partial charge in [0.25, 0.3) is 10.0 Å². The van der Waals surface area contributed by atoms with E-state index >= 15 is 0 Å². The Balaban J connectivity index is 2.16. The van der Waals surface area contributed by atoms with E-state index < -0.39 is 21.8 Å². The van der Waals surface area contributed by atoms with Crippen molar-refractivity contribution < 1.29 is 21.6 Å². The molecular formula is C12H15F3N2O2S2. The summed E-state index contributed by atoms with van der Waals surface area (Å²) in [7, 11) is -3.73. The minimum atomic E-state index is -4.38. The highest BCUT2D eigenvalue weighted by Crippen LogP contribution is 2.32. The second-order valence-corrected chi connectivity index (χ2v) is 7.93. The maximum absolute atomic E-state index is 12.5. The van der Waals surface area contributed by atoms with Crippen LogP contribution in [0.5, 0.6) is 0 Å². The fraction of sp³-hybridized carbons (Fsp3) is 0.500. The van der Waals surface area contributed by atoms with Crippen LogP contribution in [0.1, 0.15) is 11.3 Å². The summed E-state index contributed by atoms with van der Waals surface area (Å²) in [5.74, 6) is 0. The summed E-state index contributed by atoms with van der Waals surface area (Å²) in [5, 5.41) is 0. The van der Waals surface area contributed by atoms with E-state index in [0.717, 1.165) is 26.6 Å². The van der Waals surface area contributed by atoms with Crippen molar-refractivity contribution in [2.75, 3.05) is 19.6 Å². The fourth-order valence-electron chi connectivity index (χ4n) is 2.03. The van der Waals surface area contributed by atoms with Gasteiger partial charge in [0.2, 0.25) is 0 Å². The van der Waals surface area contributed by atoms with E-state index in [-0.39, 0.29) is 23.7 Å². The Morgan fingerprint density at radius 1 is 1.33 bits per heavy atom. The molecule has 1 aromatic heterocycles. The van der Waals surface area contributed by atoms with Crippen molar-refractivity contribution in [1.29, 1.82) is 0 Å². The molecule has 1 aromatic rings. The Hall–Kier alpha value is -0.900. The molecule has 0 atom stereocenters. The van der Waals surface area contributed by atoms with Crippen molar-refractivity contribution in [3.05, 3.63) is 28.7 Å². The summed E-state index contributed by atoms with van der Waals surface area (Å²) in [6.45, 7) is 0.0144. The summed E-state index contributed by atoms with van der Waals surface area (Å²) in [5.41, 5.74) is 4.75. The van der Waals surface area contributed by atoms with Crippen molar-refractivity contribution in [3.63, 3.8) is 0 Å². The van der Waals surface area contributed by atoms with Gasteiger partial charge in [0.15, 0.2) is 0 Å². The molecule has 1 aliphatic heterocycles. The quantitative estimate of drug-likeness (QED) is 0.854. The second-order valence-electron chi connectivity index (χ2n) is 4.60. The van der Waals surface area contributed by atoms with Crippen LogP contribution in [0.15, 0.2) is 28.0 Å². The van der Waals surface area contributed by atoms with Gasteiger partial charge < -0.3 is 5.73 Å². The first kappa shape index (κ1) is 16.5. The van der Waals surface area contributed by atoms with Crippen LogP contribution in [0.3, 0.4) is 0 Å². The van der Waals surface area contributed by atoms with Crippen LogP contribution >= 0.6 is 11.3 Å². The van der Waals surface area contributed by atoms with Gasteiger partial charge in [-0.05, 0) is 31.5 Å². The molecule has 0 bridgehead atoms. The molecule has 0 fully saturated rings. The number of nitrogens with zero attached hydrogens (tertiary/aromatic N) is 1. The monoisotopic (exact) mass is 340 g/mol. The minimum Gasteiger partial charge on any atom is -0.330 e. The molecule has 118 valence electrons. The van der Waals surface area contributed by atoms with E-state index in [1.165, 1.54) is 6.07 Å². The Morgan fingerprint density at radius 2 is 2.05 bits per heavy atom. The maximum Gasteiger partial charge on any atom is 0.412 e. The highest BCUT2D eigenvalue weighted by molar-refractivity contribution is 7.91. The molecule has 21 heavy (non-hydrogen) atoms. The number of halogens is 3. The highest BCUT2D eigenvalue weighted by Gasteiger charge is 2.37. The molecule has 9 heteroatoms. The van der Waals surface area contributed by atoms with Crippen LogP contribution in [0.4, 0.5) is 13.2 Å². The third kappa shape index (κ3) is 3.65. The summed E-state index contributed by atoms with van der Waals surface area (Å²) < 4.78 is 63.5. The van der Waals surface area contributed by atoms with Crippen LogP contribution in [0.25, 0.3) is 0 Å². The lowest BCUT2D eigenvalue weighted by molar-refractivity contribution is -0.0953. The number of thiophene rings is 1. The molecule has 2 N–H and O–H groups in total. The Morgan fingerprint density at radius 3 is 2.57 bits per heavy atom. The molecule has 2 rings (SSSR count). The molecule has 0 spiro atoms. The van der Waals surface area contributed by atoms with Gasteiger partial charge in [0.05, 0.1) is 0 Å². The Labute approximate surface area is 125 Å². The zero-order chi connectivity index (χ0) is 15.7. The third-order valence-electron chi connectivity index (χ3n) is 3.16.